The third-order valence-corrected chi connectivity index (χ3v) is 5.37. The van der Waals surface area contributed by atoms with Gasteiger partial charge in [0.2, 0.25) is 0 Å². The molecule has 1 atom stereocenters. The van der Waals surface area contributed by atoms with E-state index < -0.39 is 0 Å². The van der Waals surface area contributed by atoms with Crippen molar-refractivity contribution in [1.82, 2.24) is 10.3 Å². The Hall–Kier alpha value is -1.33. The van der Waals surface area contributed by atoms with Gasteiger partial charge in [-0.1, -0.05) is 51.1 Å². The van der Waals surface area contributed by atoms with E-state index in [0.29, 0.717) is 25.2 Å². The maximum Gasteiger partial charge on any atom is 0.146 e. The Morgan fingerprint density at radius 3 is 2.43 bits per heavy atom. The van der Waals surface area contributed by atoms with Crippen molar-refractivity contribution in [1.29, 1.82) is 0 Å². The predicted octanol–water partition coefficient (Wildman–Crippen LogP) is 5.65. The number of pyridine rings is 1. The van der Waals surface area contributed by atoms with Crippen LogP contribution in [0.2, 0.25) is 0 Å². The molecule has 2 heterocycles. The molecule has 1 N–H and O–H groups in total. The summed E-state index contributed by atoms with van der Waals surface area (Å²) in [5, 5.41) is 3.49. The number of halogens is 2. The number of nitrogens with zero attached hydrogens (tertiary/aromatic N) is 1. The molecule has 0 aliphatic carbocycles. The van der Waals surface area contributed by atoms with Crippen molar-refractivity contribution in [3.05, 3.63) is 58.4 Å². The lowest BCUT2D eigenvalue weighted by atomic mass is 10.0. The van der Waals surface area contributed by atoms with Gasteiger partial charge >= 0.3 is 0 Å². The molecule has 6 heteroatoms. The van der Waals surface area contributed by atoms with Crippen molar-refractivity contribution in [2.45, 2.75) is 66.2 Å². The second-order valence-electron chi connectivity index (χ2n) is 8.23. The Labute approximate surface area is 194 Å². The molecule has 4 nitrogen and oxygen atoms in total. The first-order valence-corrected chi connectivity index (χ1v) is 10.5. The molecular formula is C24H36Cl2N2O2. The summed E-state index contributed by atoms with van der Waals surface area (Å²) in [6.45, 7) is 11.8. The molecule has 0 fully saturated rings. The van der Waals surface area contributed by atoms with Gasteiger partial charge in [0, 0.05) is 23.6 Å². The summed E-state index contributed by atoms with van der Waals surface area (Å²) in [5.74, 6) is 1.58. The van der Waals surface area contributed by atoms with Crippen molar-refractivity contribution in [3.8, 4) is 5.75 Å². The van der Waals surface area contributed by atoms with E-state index in [1.54, 1.807) is 0 Å². The first-order chi connectivity index (χ1) is 13.5. The average molecular weight is 455 g/mol. The number of rotatable bonds is 10. The lowest BCUT2D eigenvalue weighted by molar-refractivity contribution is 0.132. The van der Waals surface area contributed by atoms with Gasteiger partial charge in [-0.05, 0) is 37.8 Å². The summed E-state index contributed by atoms with van der Waals surface area (Å²) in [6, 6.07) is 11.1. The standard InChI is InChI=1S/C24H34N2O2.2ClH/c1-17(2)25-12-10-18(3)11-13-28-24-19(4)26-23(21-15-27-16-22(21)24)14-20-8-6-5-7-9-20;;/h5-9,17-18,25H,10-16H2,1-4H3;2*1H. The topological polar surface area (TPSA) is 43.4 Å². The zero-order valence-electron chi connectivity index (χ0n) is 18.6. The van der Waals surface area contributed by atoms with E-state index in [2.05, 4.69) is 57.3 Å². The predicted molar refractivity (Wildman–Crippen MR) is 128 cm³/mol. The average Bonchev–Trinajstić information content (AvgIpc) is 3.15. The van der Waals surface area contributed by atoms with E-state index >= 15 is 0 Å². The van der Waals surface area contributed by atoms with E-state index in [-0.39, 0.29) is 24.8 Å². The van der Waals surface area contributed by atoms with Crippen LogP contribution < -0.4 is 10.1 Å². The van der Waals surface area contributed by atoms with Crippen LogP contribution in [0.1, 0.15) is 61.7 Å². The van der Waals surface area contributed by atoms with Gasteiger partial charge in [0.15, 0.2) is 0 Å². The molecule has 0 radical (unpaired) electrons. The third kappa shape index (κ3) is 7.42. The van der Waals surface area contributed by atoms with Gasteiger partial charge in [-0.25, -0.2) is 0 Å². The fourth-order valence-corrected chi connectivity index (χ4v) is 3.68. The molecule has 0 amide bonds. The largest absolute Gasteiger partial charge is 0.491 e. The minimum absolute atomic E-state index is 0. The molecule has 0 saturated carbocycles. The molecule has 1 aromatic heterocycles. The molecular weight excluding hydrogens is 419 g/mol. The highest BCUT2D eigenvalue weighted by Crippen LogP contribution is 2.34. The van der Waals surface area contributed by atoms with E-state index in [4.69, 9.17) is 14.5 Å². The Kier molecular flexibility index (Phi) is 11.7. The molecule has 30 heavy (non-hydrogen) atoms. The fourth-order valence-electron chi connectivity index (χ4n) is 3.68. The van der Waals surface area contributed by atoms with Crippen molar-refractivity contribution < 1.29 is 9.47 Å². The van der Waals surface area contributed by atoms with Crippen LogP contribution in [0.4, 0.5) is 0 Å². The highest BCUT2D eigenvalue weighted by molar-refractivity contribution is 5.85. The Balaban J connectivity index is 0.00000225. The number of aromatic nitrogens is 1. The van der Waals surface area contributed by atoms with Crippen LogP contribution in [0, 0.1) is 12.8 Å². The van der Waals surface area contributed by atoms with Crippen LogP contribution >= 0.6 is 24.8 Å². The van der Waals surface area contributed by atoms with Crippen LogP contribution in [0.3, 0.4) is 0 Å². The van der Waals surface area contributed by atoms with Crippen LogP contribution in [-0.4, -0.2) is 24.2 Å². The quantitative estimate of drug-likeness (QED) is 0.503. The lowest BCUT2D eigenvalue weighted by Gasteiger charge is -2.17. The zero-order chi connectivity index (χ0) is 19.9. The van der Waals surface area contributed by atoms with Gasteiger partial charge in [-0.3, -0.25) is 4.98 Å². The normalized spacial score (nSPS) is 13.4. The van der Waals surface area contributed by atoms with Crippen LogP contribution in [0.5, 0.6) is 5.75 Å². The van der Waals surface area contributed by atoms with Gasteiger partial charge in [0.05, 0.1) is 31.2 Å². The summed E-state index contributed by atoms with van der Waals surface area (Å²) in [7, 11) is 0. The first kappa shape index (κ1) is 26.7. The molecule has 0 bridgehead atoms. The van der Waals surface area contributed by atoms with Crippen molar-refractivity contribution >= 4 is 24.8 Å². The number of ether oxygens (including phenoxy) is 2. The highest BCUT2D eigenvalue weighted by atomic mass is 35.5. The highest BCUT2D eigenvalue weighted by Gasteiger charge is 2.24. The molecule has 1 aromatic carbocycles. The Bertz CT molecular complexity index is 770. The summed E-state index contributed by atoms with van der Waals surface area (Å²) in [5.41, 5.74) is 5.80. The van der Waals surface area contributed by atoms with Gasteiger partial charge in [-0.2, -0.15) is 0 Å². The van der Waals surface area contributed by atoms with E-state index in [1.165, 1.54) is 23.1 Å². The molecule has 1 unspecified atom stereocenters. The maximum atomic E-state index is 6.22. The summed E-state index contributed by atoms with van der Waals surface area (Å²) < 4.78 is 12.0. The molecule has 3 rings (SSSR count). The second-order valence-corrected chi connectivity index (χ2v) is 8.23. The second kappa shape index (κ2) is 13.2. The smallest absolute Gasteiger partial charge is 0.146 e. The van der Waals surface area contributed by atoms with Gasteiger partial charge in [0.1, 0.15) is 5.75 Å². The van der Waals surface area contributed by atoms with E-state index in [0.717, 1.165) is 43.1 Å². The summed E-state index contributed by atoms with van der Waals surface area (Å²) in [6.07, 6.45) is 3.07. The lowest BCUT2D eigenvalue weighted by Crippen LogP contribution is -2.25. The van der Waals surface area contributed by atoms with Crippen LogP contribution in [-0.2, 0) is 24.4 Å². The first-order valence-electron chi connectivity index (χ1n) is 10.5. The SMILES string of the molecule is Cc1nc(Cc2ccccc2)c2c(c1OCCC(C)CCNC(C)C)COC2.Cl.Cl. The van der Waals surface area contributed by atoms with Gasteiger partial charge < -0.3 is 14.8 Å². The molecule has 168 valence electrons. The molecule has 1 aliphatic rings. The Morgan fingerprint density at radius 1 is 1.03 bits per heavy atom. The number of aryl methyl sites for hydroxylation is 1. The Morgan fingerprint density at radius 2 is 1.73 bits per heavy atom. The number of hydrogen-bond acceptors (Lipinski definition) is 4. The minimum atomic E-state index is 0. The van der Waals surface area contributed by atoms with Crippen LogP contribution in [0.25, 0.3) is 0 Å². The monoisotopic (exact) mass is 454 g/mol. The number of fused-ring (bicyclic) bond motifs is 1. The van der Waals surface area contributed by atoms with Crippen molar-refractivity contribution in [2.24, 2.45) is 5.92 Å². The van der Waals surface area contributed by atoms with E-state index in [9.17, 15) is 0 Å². The number of nitrogens with one attached hydrogen (secondary N) is 1. The minimum Gasteiger partial charge on any atom is -0.491 e. The van der Waals surface area contributed by atoms with Crippen molar-refractivity contribution in [2.75, 3.05) is 13.2 Å². The molecule has 1 aliphatic heterocycles. The molecule has 2 aromatic rings. The molecule has 0 saturated heterocycles. The van der Waals surface area contributed by atoms with Gasteiger partial charge in [0.25, 0.3) is 0 Å². The van der Waals surface area contributed by atoms with E-state index in [1.807, 2.05) is 6.07 Å². The van der Waals surface area contributed by atoms with Crippen LogP contribution in [0.15, 0.2) is 30.3 Å². The van der Waals surface area contributed by atoms with Gasteiger partial charge in [-0.15, -0.1) is 24.8 Å². The number of hydrogen-bond donors (Lipinski definition) is 1. The maximum absolute atomic E-state index is 6.22. The fraction of sp³-hybridized carbons (Fsp3) is 0.542. The summed E-state index contributed by atoms with van der Waals surface area (Å²) >= 11 is 0. The number of benzene rings is 1. The third-order valence-electron chi connectivity index (χ3n) is 5.37. The van der Waals surface area contributed by atoms with Crippen molar-refractivity contribution in [3.63, 3.8) is 0 Å². The zero-order valence-corrected chi connectivity index (χ0v) is 20.2. The molecule has 0 spiro atoms. The summed E-state index contributed by atoms with van der Waals surface area (Å²) in [4.78, 5) is 4.89.